The summed E-state index contributed by atoms with van der Waals surface area (Å²) in [5.41, 5.74) is 2.40. The molecule has 1 atom stereocenters. The molecule has 0 aliphatic carbocycles. The number of nitrogens with zero attached hydrogens (tertiary/aromatic N) is 2. The molecular formula is C21H22N4O2S. The summed E-state index contributed by atoms with van der Waals surface area (Å²) in [5, 5.41) is 8.35. The van der Waals surface area contributed by atoms with Gasteiger partial charge >= 0.3 is 0 Å². The molecule has 28 heavy (non-hydrogen) atoms. The number of thiazole rings is 1. The Morgan fingerprint density at radius 2 is 1.93 bits per heavy atom. The Hall–Kier alpha value is -3.06. The molecule has 0 saturated carbocycles. The molecule has 3 aromatic rings. The normalized spacial score (nSPS) is 11.6. The summed E-state index contributed by atoms with van der Waals surface area (Å²) < 4.78 is 0. The van der Waals surface area contributed by atoms with Crippen molar-refractivity contribution in [2.75, 3.05) is 13.6 Å². The van der Waals surface area contributed by atoms with Gasteiger partial charge in [-0.3, -0.25) is 9.59 Å². The van der Waals surface area contributed by atoms with Gasteiger partial charge in [-0.25, -0.2) is 9.97 Å². The minimum atomic E-state index is -0.320. The monoisotopic (exact) mass is 394 g/mol. The molecule has 7 heteroatoms. The van der Waals surface area contributed by atoms with Gasteiger partial charge in [0.25, 0.3) is 11.8 Å². The van der Waals surface area contributed by atoms with E-state index in [1.54, 1.807) is 30.6 Å². The summed E-state index contributed by atoms with van der Waals surface area (Å²) in [6, 6.07) is 13.2. The molecule has 0 saturated heterocycles. The number of nitrogens with one attached hydrogen (secondary N) is 2. The van der Waals surface area contributed by atoms with E-state index in [9.17, 15) is 9.59 Å². The smallest absolute Gasteiger partial charge is 0.269 e. The molecule has 1 aromatic carbocycles. The number of rotatable bonds is 7. The van der Waals surface area contributed by atoms with Gasteiger partial charge < -0.3 is 10.6 Å². The second-order valence-electron chi connectivity index (χ2n) is 6.31. The summed E-state index contributed by atoms with van der Waals surface area (Å²) in [4.78, 5) is 33.5. The van der Waals surface area contributed by atoms with Crippen LogP contribution >= 0.6 is 11.3 Å². The Kier molecular flexibility index (Phi) is 6.49. The molecule has 144 valence electrons. The van der Waals surface area contributed by atoms with E-state index >= 15 is 0 Å². The first-order valence-electron chi connectivity index (χ1n) is 9.04. The number of benzene rings is 1. The van der Waals surface area contributed by atoms with E-state index in [1.165, 1.54) is 6.07 Å². The molecular weight excluding hydrogens is 372 g/mol. The van der Waals surface area contributed by atoms with Crippen LogP contribution in [0.25, 0.3) is 0 Å². The largest absolute Gasteiger partial charge is 0.354 e. The molecule has 0 aliphatic heterocycles. The predicted molar refractivity (Wildman–Crippen MR) is 110 cm³/mol. The molecule has 0 aliphatic rings. The van der Waals surface area contributed by atoms with Gasteiger partial charge in [-0.1, -0.05) is 37.3 Å². The highest BCUT2D eigenvalue weighted by atomic mass is 32.1. The van der Waals surface area contributed by atoms with Crippen molar-refractivity contribution in [2.24, 2.45) is 0 Å². The summed E-state index contributed by atoms with van der Waals surface area (Å²) >= 11 is 1.56. The average molecular weight is 395 g/mol. The fourth-order valence-electron chi connectivity index (χ4n) is 2.82. The Bertz CT molecular complexity index is 942. The Morgan fingerprint density at radius 1 is 1.14 bits per heavy atom. The first-order chi connectivity index (χ1) is 13.6. The number of carbonyl (C=O) groups is 2. The molecule has 2 heterocycles. The van der Waals surface area contributed by atoms with Crippen LogP contribution in [0.2, 0.25) is 0 Å². The maximum Gasteiger partial charge on any atom is 0.269 e. The van der Waals surface area contributed by atoms with Gasteiger partial charge in [-0.05, 0) is 17.7 Å². The molecule has 0 unspecified atom stereocenters. The van der Waals surface area contributed by atoms with Crippen LogP contribution in [0.15, 0.2) is 54.0 Å². The van der Waals surface area contributed by atoms with E-state index in [-0.39, 0.29) is 23.4 Å². The van der Waals surface area contributed by atoms with Crippen LogP contribution in [-0.4, -0.2) is 35.4 Å². The average Bonchev–Trinajstić information content (AvgIpc) is 3.26. The molecule has 6 nitrogen and oxygen atoms in total. The summed E-state index contributed by atoms with van der Waals surface area (Å²) in [5.74, 6) is -0.600. The van der Waals surface area contributed by atoms with Gasteiger partial charge in [0.15, 0.2) is 0 Å². The van der Waals surface area contributed by atoms with Crippen molar-refractivity contribution in [3.8, 4) is 0 Å². The first kappa shape index (κ1) is 19.7. The first-order valence-corrected chi connectivity index (χ1v) is 9.92. The van der Waals surface area contributed by atoms with E-state index in [0.717, 1.165) is 10.6 Å². The molecule has 2 amide bonds. The number of aromatic nitrogens is 2. The van der Waals surface area contributed by atoms with Crippen LogP contribution in [0.3, 0.4) is 0 Å². The number of amides is 2. The fourth-order valence-corrected chi connectivity index (χ4v) is 3.44. The zero-order valence-corrected chi connectivity index (χ0v) is 16.6. The van der Waals surface area contributed by atoms with Crippen molar-refractivity contribution >= 4 is 23.2 Å². The summed E-state index contributed by atoms with van der Waals surface area (Å²) in [6.45, 7) is 2.49. The maximum atomic E-state index is 12.7. The minimum Gasteiger partial charge on any atom is -0.354 e. The van der Waals surface area contributed by atoms with Crippen LogP contribution in [0, 0.1) is 0 Å². The lowest BCUT2D eigenvalue weighted by Crippen LogP contribution is -2.27. The lowest BCUT2D eigenvalue weighted by Gasteiger charge is -2.14. The van der Waals surface area contributed by atoms with Crippen LogP contribution in [0.1, 0.15) is 50.0 Å². The van der Waals surface area contributed by atoms with Gasteiger partial charge in [-0.15, -0.1) is 11.3 Å². The number of pyridine rings is 1. The van der Waals surface area contributed by atoms with Gasteiger partial charge in [0.05, 0.1) is 5.01 Å². The van der Waals surface area contributed by atoms with E-state index in [4.69, 9.17) is 0 Å². The highest BCUT2D eigenvalue weighted by molar-refractivity contribution is 7.09. The van der Waals surface area contributed by atoms with E-state index in [2.05, 4.69) is 20.6 Å². The van der Waals surface area contributed by atoms with Crippen molar-refractivity contribution in [3.63, 3.8) is 0 Å². The van der Waals surface area contributed by atoms with Crippen LogP contribution in [0.4, 0.5) is 0 Å². The second kappa shape index (κ2) is 9.23. The number of carbonyl (C=O) groups excluding carboxylic acids is 2. The minimum absolute atomic E-state index is 0.0484. The Balaban J connectivity index is 1.82. The highest BCUT2D eigenvalue weighted by Crippen LogP contribution is 2.23. The quantitative estimate of drug-likeness (QED) is 0.645. The third-order valence-corrected chi connectivity index (χ3v) is 5.26. The summed E-state index contributed by atoms with van der Waals surface area (Å²) in [6.07, 6.45) is 2.42. The molecule has 0 radical (unpaired) electrons. The fraction of sp³-hybridized carbons (Fsp3) is 0.238. The third kappa shape index (κ3) is 4.80. The zero-order valence-electron chi connectivity index (χ0n) is 15.8. The number of hydrogen-bond donors (Lipinski definition) is 2. The molecule has 2 N–H and O–H groups in total. The molecule has 0 spiro atoms. The van der Waals surface area contributed by atoms with E-state index < -0.39 is 0 Å². The van der Waals surface area contributed by atoms with E-state index in [1.807, 2.05) is 42.6 Å². The van der Waals surface area contributed by atoms with Crippen molar-refractivity contribution in [1.82, 2.24) is 20.6 Å². The van der Waals surface area contributed by atoms with E-state index in [0.29, 0.717) is 24.2 Å². The maximum absolute atomic E-state index is 12.7. The highest BCUT2D eigenvalue weighted by Gasteiger charge is 2.18. The lowest BCUT2D eigenvalue weighted by atomic mass is 9.96. The van der Waals surface area contributed by atoms with Crippen LogP contribution in [-0.2, 0) is 6.42 Å². The van der Waals surface area contributed by atoms with Crippen molar-refractivity contribution in [3.05, 3.63) is 81.6 Å². The predicted octanol–water partition coefficient (Wildman–Crippen LogP) is 3.02. The second-order valence-corrected chi connectivity index (χ2v) is 7.29. The lowest BCUT2D eigenvalue weighted by molar-refractivity contribution is 0.0954. The van der Waals surface area contributed by atoms with Gasteiger partial charge in [0.2, 0.25) is 0 Å². The Labute approximate surface area is 168 Å². The third-order valence-electron chi connectivity index (χ3n) is 4.42. The molecule has 2 aromatic heterocycles. The SMILES string of the molecule is CNC(=O)c1cc(C(=O)NCCc2nccs2)cc([C@@H](C)c2ccccc2)n1. The van der Waals surface area contributed by atoms with Crippen molar-refractivity contribution in [2.45, 2.75) is 19.3 Å². The molecule has 0 fully saturated rings. The standard InChI is InChI=1S/C21H22N4O2S/c1-14(15-6-4-3-5-7-15)17-12-16(13-18(25-17)21(27)22-2)20(26)24-9-8-19-23-10-11-28-19/h3-7,10-14H,8-9H2,1-2H3,(H,22,27)(H,24,26)/t14-/m0/s1. The molecule has 3 rings (SSSR count). The zero-order chi connectivity index (χ0) is 19.9. The number of hydrogen-bond acceptors (Lipinski definition) is 5. The Morgan fingerprint density at radius 3 is 2.61 bits per heavy atom. The van der Waals surface area contributed by atoms with Crippen LogP contribution in [0.5, 0.6) is 0 Å². The van der Waals surface area contributed by atoms with Crippen molar-refractivity contribution < 1.29 is 9.59 Å². The van der Waals surface area contributed by atoms with Gasteiger partial charge in [0, 0.05) is 48.8 Å². The topological polar surface area (TPSA) is 84.0 Å². The van der Waals surface area contributed by atoms with Crippen molar-refractivity contribution in [1.29, 1.82) is 0 Å². The van der Waals surface area contributed by atoms with Gasteiger partial charge in [0.1, 0.15) is 5.69 Å². The molecule has 0 bridgehead atoms. The summed E-state index contributed by atoms with van der Waals surface area (Å²) in [7, 11) is 1.55. The van der Waals surface area contributed by atoms with Crippen LogP contribution < -0.4 is 10.6 Å². The van der Waals surface area contributed by atoms with Gasteiger partial charge in [-0.2, -0.15) is 0 Å².